The zero-order valence-electron chi connectivity index (χ0n) is 23.5. The van der Waals surface area contributed by atoms with Gasteiger partial charge in [0.15, 0.2) is 0 Å². The molecular weight excluding hydrogens is 450 g/mol. The van der Waals surface area contributed by atoms with E-state index in [9.17, 15) is 9.59 Å². The number of carbonyl (C=O) groups excluding carboxylic acids is 2. The minimum atomic E-state index is -0.495. The van der Waals surface area contributed by atoms with Crippen LogP contribution in [0.3, 0.4) is 0 Å². The van der Waals surface area contributed by atoms with Crippen LogP contribution in [-0.4, -0.2) is 30.1 Å². The number of pyridine rings is 1. The summed E-state index contributed by atoms with van der Waals surface area (Å²) in [6, 6.07) is 4.79. The smallest absolute Gasteiger partial charge is 0.356 e. The monoisotopic (exact) mass is 503 g/mol. The van der Waals surface area contributed by atoms with E-state index in [-0.39, 0.29) is 11.4 Å². The van der Waals surface area contributed by atoms with E-state index in [2.05, 4.69) is 25.8 Å². The second-order valence-electron chi connectivity index (χ2n) is 10.3. The molecule has 0 saturated carbocycles. The Bertz CT molecular complexity index is 691. The van der Waals surface area contributed by atoms with E-state index in [4.69, 9.17) is 9.47 Å². The molecule has 0 fully saturated rings. The van der Waals surface area contributed by atoms with Gasteiger partial charge in [0.2, 0.25) is 0 Å². The molecule has 206 valence electrons. The fourth-order valence-corrected chi connectivity index (χ4v) is 4.42. The molecule has 1 heterocycles. The van der Waals surface area contributed by atoms with E-state index in [1.165, 1.54) is 89.9 Å². The molecule has 1 atom stereocenters. The summed E-state index contributed by atoms with van der Waals surface area (Å²) in [5.41, 5.74) is 0.304. The molecule has 0 aliphatic carbocycles. The maximum atomic E-state index is 12.3. The summed E-state index contributed by atoms with van der Waals surface area (Å²) in [7, 11) is 0. The zero-order valence-corrected chi connectivity index (χ0v) is 23.5. The molecule has 36 heavy (non-hydrogen) atoms. The maximum Gasteiger partial charge on any atom is 0.356 e. The number of rotatable bonds is 23. The fourth-order valence-electron chi connectivity index (χ4n) is 4.42. The molecule has 1 aromatic rings. The Balaban J connectivity index is 2.02. The molecule has 0 saturated heterocycles. The van der Waals surface area contributed by atoms with Crippen molar-refractivity contribution in [2.45, 2.75) is 136 Å². The summed E-state index contributed by atoms with van der Waals surface area (Å²) in [6.07, 6.45) is 23.1. The van der Waals surface area contributed by atoms with Crippen molar-refractivity contribution >= 4 is 11.9 Å². The maximum absolute atomic E-state index is 12.3. The van der Waals surface area contributed by atoms with Crippen molar-refractivity contribution in [3.63, 3.8) is 0 Å². The van der Waals surface area contributed by atoms with Crippen LogP contribution in [0.2, 0.25) is 0 Å². The fraction of sp³-hybridized carbons (Fsp3) is 0.774. The van der Waals surface area contributed by atoms with E-state index < -0.39 is 11.9 Å². The number of hydrogen-bond acceptors (Lipinski definition) is 5. The molecule has 1 rings (SSSR count). The van der Waals surface area contributed by atoms with E-state index >= 15 is 0 Å². The highest BCUT2D eigenvalue weighted by Crippen LogP contribution is 2.14. The highest BCUT2D eigenvalue weighted by atomic mass is 16.5. The van der Waals surface area contributed by atoms with Crippen molar-refractivity contribution < 1.29 is 19.1 Å². The third-order valence-corrected chi connectivity index (χ3v) is 6.68. The molecular formula is C31H53NO4. The van der Waals surface area contributed by atoms with Crippen LogP contribution in [0.5, 0.6) is 0 Å². The number of ether oxygens (including phenoxy) is 2. The third kappa shape index (κ3) is 16.7. The lowest BCUT2D eigenvalue weighted by atomic mass is 10.0. The first-order valence-electron chi connectivity index (χ1n) is 14.9. The van der Waals surface area contributed by atoms with Gasteiger partial charge in [-0.1, -0.05) is 130 Å². The van der Waals surface area contributed by atoms with Crippen LogP contribution in [0.4, 0.5) is 0 Å². The predicted molar refractivity (Wildman–Crippen MR) is 148 cm³/mol. The normalized spacial score (nSPS) is 11.9. The van der Waals surface area contributed by atoms with Gasteiger partial charge < -0.3 is 9.47 Å². The number of nitrogens with zero attached hydrogens (tertiary/aromatic N) is 1. The first-order chi connectivity index (χ1) is 17.6. The second-order valence-corrected chi connectivity index (χ2v) is 10.3. The van der Waals surface area contributed by atoms with Gasteiger partial charge in [-0.05, 0) is 30.9 Å². The molecule has 0 aromatic carbocycles. The van der Waals surface area contributed by atoms with Gasteiger partial charge in [0, 0.05) is 0 Å². The molecule has 0 aliphatic rings. The van der Waals surface area contributed by atoms with Crippen LogP contribution < -0.4 is 0 Å². The Labute approximate surface area is 221 Å². The standard InChI is InChI=1S/C31H53NO4/c1-4-6-7-8-9-10-11-12-13-14-15-16-17-18-19-20-25-35-30(33)28-23-21-24-29(32-28)31(34)36-26-27(3)22-5-2/h21,23-24,27H,4-20,22,25-26H2,1-3H3. The Morgan fingerprint density at radius 2 is 1.11 bits per heavy atom. The van der Waals surface area contributed by atoms with Crippen molar-refractivity contribution in [2.75, 3.05) is 13.2 Å². The van der Waals surface area contributed by atoms with Gasteiger partial charge in [-0.25, -0.2) is 14.6 Å². The summed E-state index contributed by atoms with van der Waals surface area (Å²) in [6.45, 7) is 7.19. The number of carbonyl (C=O) groups is 2. The Morgan fingerprint density at radius 3 is 1.58 bits per heavy atom. The van der Waals surface area contributed by atoms with Gasteiger partial charge in [0.25, 0.3) is 0 Å². The Hall–Kier alpha value is -1.91. The van der Waals surface area contributed by atoms with Crippen molar-refractivity contribution in [2.24, 2.45) is 5.92 Å². The van der Waals surface area contributed by atoms with Crippen LogP contribution in [0, 0.1) is 5.92 Å². The molecule has 0 radical (unpaired) electrons. The van der Waals surface area contributed by atoms with E-state index in [0.717, 1.165) is 25.7 Å². The molecule has 5 heteroatoms. The van der Waals surface area contributed by atoms with Crippen LogP contribution in [0.1, 0.15) is 157 Å². The summed E-state index contributed by atoms with van der Waals surface area (Å²) >= 11 is 0. The van der Waals surface area contributed by atoms with E-state index in [1.807, 2.05) is 0 Å². The van der Waals surface area contributed by atoms with Crippen molar-refractivity contribution in [1.82, 2.24) is 4.98 Å². The quantitative estimate of drug-likeness (QED) is 0.110. The predicted octanol–water partition coefficient (Wildman–Crippen LogP) is 9.09. The van der Waals surface area contributed by atoms with Crippen LogP contribution >= 0.6 is 0 Å². The van der Waals surface area contributed by atoms with Gasteiger partial charge >= 0.3 is 11.9 Å². The molecule has 1 unspecified atom stereocenters. The lowest BCUT2D eigenvalue weighted by Crippen LogP contribution is -2.15. The Morgan fingerprint density at radius 1 is 0.667 bits per heavy atom. The summed E-state index contributed by atoms with van der Waals surface area (Å²) in [5, 5.41) is 0. The van der Waals surface area contributed by atoms with Crippen molar-refractivity contribution in [3.8, 4) is 0 Å². The summed E-state index contributed by atoms with van der Waals surface area (Å²) in [5.74, 6) is -0.665. The van der Waals surface area contributed by atoms with Crippen molar-refractivity contribution in [3.05, 3.63) is 29.6 Å². The average Bonchev–Trinajstić information content (AvgIpc) is 2.89. The first-order valence-corrected chi connectivity index (χ1v) is 14.9. The van der Waals surface area contributed by atoms with E-state index in [0.29, 0.717) is 19.1 Å². The summed E-state index contributed by atoms with van der Waals surface area (Å²) < 4.78 is 10.7. The largest absolute Gasteiger partial charge is 0.461 e. The second kappa shape index (κ2) is 22.3. The molecule has 0 amide bonds. The molecule has 0 aliphatic heterocycles. The molecule has 0 spiro atoms. The minimum Gasteiger partial charge on any atom is -0.461 e. The Kier molecular flexibility index (Phi) is 19.9. The van der Waals surface area contributed by atoms with E-state index in [1.54, 1.807) is 18.2 Å². The topological polar surface area (TPSA) is 65.5 Å². The van der Waals surface area contributed by atoms with Crippen LogP contribution in [-0.2, 0) is 9.47 Å². The molecule has 1 aromatic heterocycles. The number of hydrogen-bond donors (Lipinski definition) is 0. The third-order valence-electron chi connectivity index (χ3n) is 6.68. The lowest BCUT2D eigenvalue weighted by Gasteiger charge is -2.11. The van der Waals surface area contributed by atoms with Gasteiger partial charge in [-0.2, -0.15) is 0 Å². The average molecular weight is 504 g/mol. The lowest BCUT2D eigenvalue weighted by molar-refractivity contribution is 0.0435. The van der Waals surface area contributed by atoms with Gasteiger partial charge in [-0.15, -0.1) is 0 Å². The number of unbranched alkanes of at least 4 members (excludes halogenated alkanes) is 15. The van der Waals surface area contributed by atoms with Gasteiger partial charge in [-0.3, -0.25) is 0 Å². The highest BCUT2D eigenvalue weighted by molar-refractivity contribution is 5.91. The highest BCUT2D eigenvalue weighted by Gasteiger charge is 2.15. The number of esters is 2. The van der Waals surface area contributed by atoms with Crippen molar-refractivity contribution in [1.29, 1.82) is 0 Å². The van der Waals surface area contributed by atoms with Crippen LogP contribution in [0.25, 0.3) is 0 Å². The molecule has 5 nitrogen and oxygen atoms in total. The molecule has 0 N–H and O–H groups in total. The first kappa shape index (κ1) is 32.1. The minimum absolute atomic E-state index is 0.149. The van der Waals surface area contributed by atoms with Gasteiger partial charge in [0.1, 0.15) is 11.4 Å². The van der Waals surface area contributed by atoms with Gasteiger partial charge in [0.05, 0.1) is 13.2 Å². The summed E-state index contributed by atoms with van der Waals surface area (Å²) in [4.78, 5) is 28.7. The zero-order chi connectivity index (χ0) is 26.3. The molecule has 0 bridgehead atoms. The van der Waals surface area contributed by atoms with Crippen LogP contribution in [0.15, 0.2) is 18.2 Å². The number of aromatic nitrogens is 1. The SMILES string of the molecule is CCCCCCCCCCCCCCCCCCOC(=O)c1cccc(C(=O)OCC(C)CCC)n1.